The Balaban J connectivity index is 2.01. The molecule has 2 aliphatic rings. The molecule has 1 unspecified atom stereocenters. The molecule has 1 heterocycles. The molecule has 0 amide bonds. The summed E-state index contributed by atoms with van der Waals surface area (Å²) >= 11 is 0. The van der Waals surface area contributed by atoms with Gasteiger partial charge in [0, 0.05) is 6.54 Å². The molecular weight excluding hydrogens is 170 g/mol. The summed E-state index contributed by atoms with van der Waals surface area (Å²) in [5, 5.41) is 0. The average Bonchev–Trinajstić information content (AvgIpc) is 2.16. The highest BCUT2D eigenvalue weighted by molar-refractivity contribution is 4.93. The van der Waals surface area contributed by atoms with Gasteiger partial charge in [-0.05, 0) is 50.1 Å². The normalized spacial score (nSPS) is 45.6. The van der Waals surface area contributed by atoms with Crippen molar-refractivity contribution in [1.29, 1.82) is 0 Å². The summed E-state index contributed by atoms with van der Waals surface area (Å²) in [5.74, 6) is 1.92. The zero-order chi connectivity index (χ0) is 10.2. The number of rotatable bonds is 0. The summed E-state index contributed by atoms with van der Waals surface area (Å²) in [4.78, 5) is 2.51. The van der Waals surface area contributed by atoms with E-state index in [1.165, 1.54) is 45.2 Å². The van der Waals surface area contributed by atoms with Crippen LogP contribution < -0.4 is 0 Å². The fourth-order valence-electron chi connectivity index (χ4n) is 3.49. The fraction of sp³-hybridized carbons (Fsp3) is 1.00. The zero-order valence-electron chi connectivity index (χ0n) is 10.1. The van der Waals surface area contributed by atoms with Gasteiger partial charge in [-0.1, -0.05) is 26.7 Å². The van der Waals surface area contributed by atoms with Crippen LogP contribution in [-0.2, 0) is 0 Å². The van der Waals surface area contributed by atoms with E-state index in [9.17, 15) is 0 Å². The second-order valence-electron chi connectivity index (χ2n) is 5.96. The first-order chi connectivity index (χ1) is 6.62. The molecule has 1 nitrogen and oxygen atoms in total. The van der Waals surface area contributed by atoms with Crippen molar-refractivity contribution in [3.8, 4) is 0 Å². The molecule has 0 aromatic heterocycles. The van der Waals surface area contributed by atoms with Crippen molar-refractivity contribution in [2.75, 3.05) is 20.1 Å². The van der Waals surface area contributed by atoms with Crippen molar-refractivity contribution in [2.24, 2.45) is 17.3 Å². The fourth-order valence-corrected chi connectivity index (χ4v) is 3.49. The van der Waals surface area contributed by atoms with E-state index >= 15 is 0 Å². The highest BCUT2D eigenvalue weighted by atomic mass is 15.1. The SMILES string of the molecule is CC1CCC2(CC1)CCN(C)CC2C. The molecule has 2 rings (SSSR count). The molecule has 1 aliphatic carbocycles. The van der Waals surface area contributed by atoms with Gasteiger partial charge in [0.2, 0.25) is 0 Å². The van der Waals surface area contributed by atoms with Crippen molar-refractivity contribution in [1.82, 2.24) is 4.90 Å². The minimum absolute atomic E-state index is 0.735. The van der Waals surface area contributed by atoms with Gasteiger partial charge < -0.3 is 4.90 Å². The Kier molecular flexibility index (Phi) is 2.88. The van der Waals surface area contributed by atoms with Crippen molar-refractivity contribution >= 4 is 0 Å². The van der Waals surface area contributed by atoms with E-state index in [1.54, 1.807) is 0 Å². The van der Waals surface area contributed by atoms with Crippen LogP contribution >= 0.6 is 0 Å². The van der Waals surface area contributed by atoms with Crippen LogP contribution in [0.5, 0.6) is 0 Å². The van der Waals surface area contributed by atoms with E-state index in [0.717, 1.165) is 17.3 Å². The molecule has 0 aromatic rings. The topological polar surface area (TPSA) is 3.24 Å². The maximum atomic E-state index is 2.51. The minimum Gasteiger partial charge on any atom is -0.306 e. The van der Waals surface area contributed by atoms with Crippen LogP contribution in [0.25, 0.3) is 0 Å². The molecule has 0 aromatic carbocycles. The molecular formula is C13H25N. The van der Waals surface area contributed by atoms with Crippen LogP contribution in [0.4, 0.5) is 0 Å². The Morgan fingerprint density at radius 3 is 2.29 bits per heavy atom. The minimum atomic E-state index is 0.735. The van der Waals surface area contributed by atoms with E-state index < -0.39 is 0 Å². The first kappa shape index (κ1) is 10.5. The Morgan fingerprint density at radius 2 is 1.71 bits per heavy atom. The van der Waals surface area contributed by atoms with Crippen LogP contribution in [0.1, 0.15) is 46.0 Å². The summed E-state index contributed by atoms with van der Waals surface area (Å²) in [6.45, 7) is 7.56. The van der Waals surface area contributed by atoms with Crippen LogP contribution in [0.3, 0.4) is 0 Å². The number of likely N-dealkylation sites (tertiary alicyclic amines) is 1. The lowest BCUT2D eigenvalue weighted by Crippen LogP contribution is -2.46. The summed E-state index contributed by atoms with van der Waals surface area (Å²) in [6, 6.07) is 0. The van der Waals surface area contributed by atoms with E-state index in [1.807, 2.05) is 0 Å². The number of hydrogen-bond acceptors (Lipinski definition) is 1. The second-order valence-corrected chi connectivity index (χ2v) is 5.96. The average molecular weight is 195 g/mol. The molecule has 2 fully saturated rings. The molecule has 1 saturated carbocycles. The summed E-state index contributed by atoms with van der Waals surface area (Å²) < 4.78 is 0. The van der Waals surface area contributed by atoms with Gasteiger partial charge in [-0.3, -0.25) is 0 Å². The zero-order valence-corrected chi connectivity index (χ0v) is 10.1. The van der Waals surface area contributed by atoms with Crippen molar-refractivity contribution in [3.63, 3.8) is 0 Å². The summed E-state index contributed by atoms with van der Waals surface area (Å²) in [7, 11) is 2.27. The number of hydrogen-bond donors (Lipinski definition) is 0. The van der Waals surface area contributed by atoms with Gasteiger partial charge >= 0.3 is 0 Å². The Hall–Kier alpha value is -0.0400. The molecule has 82 valence electrons. The highest BCUT2D eigenvalue weighted by Gasteiger charge is 2.41. The molecule has 1 spiro atoms. The number of piperidine rings is 1. The highest BCUT2D eigenvalue weighted by Crippen LogP contribution is 2.48. The largest absolute Gasteiger partial charge is 0.306 e. The molecule has 1 heteroatoms. The summed E-state index contributed by atoms with van der Waals surface area (Å²) in [6.07, 6.45) is 7.42. The van der Waals surface area contributed by atoms with E-state index in [4.69, 9.17) is 0 Å². The summed E-state index contributed by atoms with van der Waals surface area (Å²) in [5.41, 5.74) is 0.735. The Labute approximate surface area is 88.9 Å². The molecule has 14 heavy (non-hydrogen) atoms. The van der Waals surface area contributed by atoms with E-state index in [-0.39, 0.29) is 0 Å². The smallest absolute Gasteiger partial charge is 0.000928 e. The van der Waals surface area contributed by atoms with E-state index in [0.29, 0.717) is 0 Å². The third-order valence-corrected chi connectivity index (χ3v) is 4.89. The van der Waals surface area contributed by atoms with Gasteiger partial charge in [0.25, 0.3) is 0 Å². The predicted octanol–water partition coefficient (Wildman–Crippen LogP) is 3.15. The maximum Gasteiger partial charge on any atom is 0.000928 e. The molecule has 0 N–H and O–H groups in total. The van der Waals surface area contributed by atoms with Crippen LogP contribution in [0.15, 0.2) is 0 Å². The lowest BCUT2D eigenvalue weighted by atomic mass is 9.61. The van der Waals surface area contributed by atoms with Gasteiger partial charge in [0.15, 0.2) is 0 Å². The second kappa shape index (κ2) is 3.84. The quantitative estimate of drug-likeness (QED) is 0.574. The van der Waals surface area contributed by atoms with Crippen LogP contribution in [-0.4, -0.2) is 25.0 Å². The lowest BCUT2D eigenvalue weighted by Gasteiger charge is -2.49. The number of nitrogens with zero attached hydrogens (tertiary/aromatic N) is 1. The van der Waals surface area contributed by atoms with Crippen molar-refractivity contribution in [3.05, 3.63) is 0 Å². The van der Waals surface area contributed by atoms with Gasteiger partial charge in [-0.25, -0.2) is 0 Å². The van der Waals surface area contributed by atoms with Crippen molar-refractivity contribution < 1.29 is 0 Å². The maximum absolute atomic E-state index is 2.51. The lowest BCUT2D eigenvalue weighted by molar-refractivity contribution is 0.0108. The molecule has 1 saturated heterocycles. The third-order valence-electron chi connectivity index (χ3n) is 4.89. The standard InChI is InChI=1S/C13H25N/c1-11-4-6-13(7-5-11)8-9-14(3)10-12(13)2/h11-12H,4-10H2,1-3H3. The Morgan fingerprint density at radius 1 is 1.07 bits per heavy atom. The predicted molar refractivity (Wildman–Crippen MR) is 61.3 cm³/mol. The third kappa shape index (κ3) is 1.84. The van der Waals surface area contributed by atoms with Gasteiger partial charge in [-0.15, -0.1) is 0 Å². The van der Waals surface area contributed by atoms with Gasteiger partial charge in [0.05, 0.1) is 0 Å². The van der Waals surface area contributed by atoms with E-state index in [2.05, 4.69) is 25.8 Å². The first-order valence-electron chi connectivity index (χ1n) is 6.31. The Bertz CT molecular complexity index is 183. The molecule has 1 aliphatic heterocycles. The van der Waals surface area contributed by atoms with Crippen LogP contribution in [0, 0.1) is 17.3 Å². The monoisotopic (exact) mass is 195 g/mol. The van der Waals surface area contributed by atoms with Crippen LogP contribution in [0.2, 0.25) is 0 Å². The van der Waals surface area contributed by atoms with Crippen molar-refractivity contribution in [2.45, 2.75) is 46.0 Å². The molecule has 0 radical (unpaired) electrons. The first-order valence-corrected chi connectivity index (χ1v) is 6.31. The molecule has 0 bridgehead atoms. The van der Waals surface area contributed by atoms with Gasteiger partial charge in [-0.2, -0.15) is 0 Å². The van der Waals surface area contributed by atoms with Gasteiger partial charge in [0.1, 0.15) is 0 Å². The molecule has 1 atom stereocenters.